The Balaban J connectivity index is 1.70. The van der Waals surface area contributed by atoms with E-state index in [-0.39, 0.29) is 83.9 Å². The van der Waals surface area contributed by atoms with Gasteiger partial charge < -0.3 is 23.7 Å². The molecule has 4 aliphatic carbocycles. The van der Waals surface area contributed by atoms with Gasteiger partial charge >= 0.3 is 29.8 Å². The summed E-state index contributed by atoms with van der Waals surface area (Å²) in [4.78, 5) is 75.6. The van der Waals surface area contributed by atoms with Crippen LogP contribution in [0.15, 0.2) is 0 Å². The molecule has 11 atom stereocenters. The molecule has 4 fully saturated rings. The van der Waals surface area contributed by atoms with Crippen molar-refractivity contribution in [3.05, 3.63) is 0 Å². The van der Waals surface area contributed by atoms with Crippen LogP contribution < -0.4 is 0 Å². The molecule has 0 saturated heterocycles. The highest BCUT2D eigenvalue weighted by molar-refractivity contribution is 5.83. The number of esters is 5. The molecule has 0 radical (unpaired) electrons. The van der Waals surface area contributed by atoms with Crippen molar-refractivity contribution in [1.82, 2.24) is 0 Å². The van der Waals surface area contributed by atoms with Gasteiger partial charge in [-0.25, -0.2) is 0 Å². The highest BCUT2D eigenvalue weighted by Crippen LogP contribution is 2.75. The first-order valence-corrected chi connectivity index (χ1v) is 18.4. The number of ketones is 1. The lowest BCUT2D eigenvalue weighted by Gasteiger charge is -2.72. The molecular weight excluding hydrogens is 644 g/mol. The first-order valence-electron chi connectivity index (χ1n) is 18.4. The Bertz CT molecular complexity index is 1360. The third-order valence-electron chi connectivity index (χ3n) is 14.4. The number of ether oxygens (including phenoxy) is 5. The molecule has 0 spiro atoms. The first kappa shape index (κ1) is 39.8. The van der Waals surface area contributed by atoms with Crippen LogP contribution in [-0.2, 0) is 52.5 Å². The molecule has 282 valence electrons. The van der Waals surface area contributed by atoms with E-state index in [9.17, 15) is 28.8 Å². The number of Topliss-reactive ketones (excluding diaryl/α,β-unsaturated/α-hetero) is 1. The smallest absolute Gasteiger partial charge is 0.315 e. The second-order valence-electron chi connectivity index (χ2n) is 16.9. The highest BCUT2D eigenvalue weighted by atomic mass is 16.6. The molecular formula is C39H60O11. The van der Waals surface area contributed by atoms with E-state index in [2.05, 4.69) is 27.7 Å². The van der Waals surface area contributed by atoms with E-state index < -0.39 is 40.8 Å². The zero-order chi connectivity index (χ0) is 37.4. The van der Waals surface area contributed by atoms with Gasteiger partial charge in [0.2, 0.25) is 0 Å². The topological polar surface area (TPSA) is 149 Å². The van der Waals surface area contributed by atoms with Gasteiger partial charge in [0.05, 0.1) is 7.11 Å². The molecule has 4 saturated carbocycles. The molecule has 0 N–H and O–H groups in total. The lowest BCUT2D eigenvalue weighted by Crippen LogP contribution is -2.69. The Morgan fingerprint density at radius 2 is 1.34 bits per heavy atom. The SMILES string of the molecule is COC(=O)[C@@]1(CCC(=O)[C@@H](C)COC(C)=O)CC[C@]2(C)[C@H](CCC3[C@@]4(C)CC[C@H](OC(C)=O)[C@@](C)(COC(C)=O)C4CC[C@]32C)[C@H]1OC(C)=O. The van der Waals surface area contributed by atoms with Crippen LogP contribution in [0.4, 0.5) is 0 Å². The van der Waals surface area contributed by atoms with Gasteiger partial charge in [-0.15, -0.1) is 0 Å². The van der Waals surface area contributed by atoms with E-state index >= 15 is 0 Å². The van der Waals surface area contributed by atoms with Crippen molar-refractivity contribution in [3.8, 4) is 0 Å². The number of carbonyl (C=O) groups is 6. The van der Waals surface area contributed by atoms with E-state index in [1.165, 1.54) is 34.8 Å². The lowest BCUT2D eigenvalue weighted by molar-refractivity contribution is -0.267. The summed E-state index contributed by atoms with van der Waals surface area (Å²) in [7, 11) is 1.34. The molecule has 2 unspecified atom stereocenters. The third-order valence-corrected chi connectivity index (χ3v) is 14.4. The fourth-order valence-corrected chi connectivity index (χ4v) is 11.7. The molecule has 0 aliphatic heterocycles. The fraction of sp³-hybridized carbons (Fsp3) is 0.846. The van der Waals surface area contributed by atoms with Crippen molar-refractivity contribution in [3.63, 3.8) is 0 Å². The molecule has 0 aromatic carbocycles. The van der Waals surface area contributed by atoms with E-state index in [1.54, 1.807) is 6.92 Å². The van der Waals surface area contributed by atoms with Crippen molar-refractivity contribution >= 4 is 35.6 Å². The van der Waals surface area contributed by atoms with Gasteiger partial charge in [-0.05, 0) is 85.9 Å². The number of hydrogen-bond donors (Lipinski definition) is 0. The van der Waals surface area contributed by atoms with Crippen LogP contribution >= 0.6 is 0 Å². The van der Waals surface area contributed by atoms with Crippen LogP contribution in [0, 0.1) is 50.7 Å². The second-order valence-corrected chi connectivity index (χ2v) is 16.9. The summed E-state index contributed by atoms with van der Waals surface area (Å²) in [6.07, 6.45) is 4.99. The maximum absolute atomic E-state index is 13.9. The summed E-state index contributed by atoms with van der Waals surface area (Å²) >= 11 is 0. The number of carbonyl (C=O) groups excluding carboxylic acids is 6. The maximum Gasteiger partial charge on any atom is 0.315 e. The molecule has 4 rings (SSSR count). The van der Waals surface area contributed by atoms with Gasteiger partial charge in [0.1, 0.15) is 36.6 Å². The van der Waals surface area contributed by atoms with E-state index in [0.29, 0.717) is 19.3 Å². The van der Waals surface area contributed by atoms with E-state index in [4.69, 9.17) is 23.7 Å². The quantitative estimate of drug-likeness (QED) is 0.180. The summed E-state index contributed by atoms with van der Waals surface area (Å²) in [6, 6.07) is 0. The van der Waals surface area contributed by atoms with Crippen LogP contribution in [-0.4, -0.2) is 68.2 Å². The largest absolute Gasteiger partial charge is 0.468 e. The van der Waals surface area contributed by atoms with E-state index in [0.717, 1.165) is 32.1 Å². The zero-order valence-corrected chi connectivity index (χ0v) is 31.9. The lowest BCUT2D eigenvalue weighted by atomic mass is 9.33. The number of fused-ring (bicyclic) bond motifs is 5. The van der Waals surface area contributed by atoms with Gasteiger partial charge in [-0.1, -0.05) is 34.6 Å². The first-order chi connectivity index (χ1) is 23.2. The Kier molecular flexibility index (Phi) is 11.6. The Morgan fingerprint density at radius 3 is 1.92 bits per heavy atom. The molecule has 0 bridgehead atoms. The van der Waals surface area contributed by atoms with Crippen molar-refractivity contribution in [1.29, 1.82) is 0 Å². The normalized spacial score (nSPS) is 39.7. The molecule has 0 aromatic heterocycles. The second kappa shape index (κ2) is 14.6. The Labute approximate surface area is 297 Å². The third kappa shape index (κ3) is 6.83. The maximum atomic E-state index is 13.9. The summed E-state index contributed by atoms with van der Waals surface area (Å²) in [5, 5.41) is 0. The molecule has 0 heterocycles. The van der Waals surface area contributed by atoms with Crippen LogP contribution in [0.2, 0.25) is 0 Å². The van der Waals surface area contributed by atoms with Crippen molar-refractivity contribution in [2.45, 2.75) is 139 Å². The van der Waals surface area contributed by atoms with Gasteiger partial charge in [0, 0.05) is 51.4 Å². The molecule has 50 heavy (non-hydrogen) atoms. The average molecular weight is 705 g/mol. The predicted octanol–water partition coefficient (Wildman–Crippen LogP) is 6.17. The van der Waals surface area contributed by atoms with Crippen molar-refractivity contribution < 1.29 is 52.5 Å². The van der Waals surface area contributed by atoms with Crippen LogP contribution in [0.1, 0.15) is 127 Å². The highest BCUT2D eigenvalue weighted by Gasteiger charge is 2.72. The zero-order valence-electron chi connectivity index (χ0n) is 31.9. The fourth-order valence-electron chi connectivity index (χ4n) is 11.7. The standard InChI is InChI=1S/C39H60O11/c1-23(21-47-24(2)40)29(44)13-18-39(34(45)46-10)20-19-37(8)28(33(39)50-27(5)43)11-12-31-35(6)16-15-32(49-26(4)42)36(7,22-48-25(3)41)30(35)14-17-38(31,37)9/h23,28,30-33H,11-22H2,1-10H3/t23-,28+,30?,31?,32-,33+,35-,36-,37+,38+,39-/m0/s1. The van der Waals surface area contributed by atoms with E-state index in [1.807, 2.05) is 0 Å². The summed E-state index contributed by atoms with van der Waals surface area (Å²) in [6.45, 7) is 16.5. The molecule has 0 amide bonds. The van der Waals surface area contributed by atoms with Gasteiger partial charge in [-0.2, -0.15) is 0 Å². The predicted molar refractivity (Wildman–Crippen MR) is 182 cm³/mol. The molecule has 0 aromatic rings. The average Bonchev–Trinajstić information content (AvgIpc) is 3.03. The van der Waals surface area contributed by atoms with Gasteiger partial charge in [0.25, 0.3) is 0 Å². The number of hydrogen-bond acceptors (Lipinski definition) is 11. The summed E-state index contributed by atoms with van der Waals surface area (Å²) in [5.74, 6) is -2.53. The minimum absolute atomic E-state index is 0.0332. The Morgan fingerprint density at radius 1 is 0.700 bits per heavy atom. The monoisotopic (exact) mass is 704 g/mol. The number of methoxy groups -OCH3 is 1. The summed E-state index contributed by atoms with van der Waals surface area (Å²) in [5.41, 5.74) is -2.41. The van der Waals surface area contributed by atoms with Crippen LogP contribution in [0.5, 0.6) is 0 Å². The van der Waals surface area contributed by atoms with Crippen LogP contribution in [0.3, 0.4) is 0 Å². The van der Waals surface area contributed by atoms with Crippen molar-refractivity contribution in [2.24, 2.45) is 50.7 Å². The minimum Gasteiger partial charge on any atom is -0.468 e. The molecule has 11 nitrogen and oxygen atoms in total. The van der Waals surface area contributed by atoms with Crippen molar-refractivity contribution in [2.75, 3.05) is 20.3 Å². The van der Waals surface area contributed by atoms with Crippen LogP contribution in [0.25, 0.3) is 0 Å². The van der Waals surface area contributed by atoms with Gasteiger partial charge in [0.15, 0.2) is 0 Å². The molecule has 4 aliphatic rings. The minimum atomic E-state index is -1.20. The summed E-state index contributed by atoms with van der Waals surface area (Å²) < 4.78 is 28.3. The Hall–Kier alpha value is -2.98. The van der Waals surface area contributed by atoms with Gasteiger partial charge in [-0.3, -0.25) is 28.8 Å². The number of rotatable bonds is 11. The molecule has 11 heteroatoms.